The summed E-state index contributed by atoms with van der Waals surface area (Å²) in [6, 6.07) is 0. The molecule has 120 valence electrons. The number of halogens is 1. The second-order valence-corrected chi connectivity index (χ2v) is 6.02. The number of hydrogen-bond donors (Lipinski definition) is 3. The fraction of sp³-hybridized carbons (Fsp3) is 0.857. The highest BCUT2D eigenvalue weighted by Gasteiger charge is 2.28. The van der Waals surface area contributed by atoms with Gasteiger partial charge in [0.25, 0.3) is 0 Å². The van der Waals surface area contributed by atoms with Crippen LogP contribution in [0.4, 0.5) is 0 Å². The second-order valence-electron chi connectivity index (χ2n) is 6.02. The zero-order chi connectivity index (χ0) is 15.1. The Kier molecular flexibility index (Phi) is 10.7. The molecule has 6 heteroatoms. The molecular formula is C14H30ClN3O2. The Bertz CT molecular complexity index is 309. The maximum atomic E-state index is 11.8. The van der Waals surface area contributed by atoms with E-state index in [2.05, 4.69) is 10.6 Å². The summed E-state index contributed by atoms with van der Waals surface area (Å²) in [5.74, 6) is 0.507. The van der Waals surface area contributed by atoms with Crippen molar-refractivity contribution in [2.45, 2.75) is 53.0 Å². The van der Waals surface area contributed by atoms with Crippen LogP contribution >= 0.6 is 12.4 Å². The van der Waals surface area contributed by atoms with Gasteiger partial charge in [-0.05, 0) is 18.8 Å². The lowest BCUT2D eigenvalue weighted by Gasteiger charge is -2.33. The van der Waals surface area contributed by atoms with Crippen molar-refractivity contribution in [2.75, 3.05) is 13.1 Å². The lowest BCUT2D eigenvalue weighted by atomic mass is 9.88. The molecule has 0 aliphatic rings. The normalized spacial score (nSPS) is 13.6. The minimum Gasteiger partial charge on any atom is -0.356 e. The molecule has 20 heavy (non-hydrogen) atoms. The Balaban J connectivity index is 0. The molecule has 0 spiro atoms. The van der Waals surface area contributed by atoms with E-state index >= 15 is 0 Å². The summed E-state index contributed by atoms with van der Waals surface area (Å²) in [5.41, 5.74) is 5.31. The molecule has 0 aromatic heterocycles. The number of carbonyl (C=O) groups excluding carboxylic acids is 2. The first-order valence-corrected chi connectivity index (χ1v) is 6.99. The van der Waals surface area contributed by atoms with Crippen LogP contribution in [0.2, 0.25) is 0 Å². The Morgan fingerprint density at radius 1 is 1.15 bits per heavy atom. The smallest absolute Gasteiger partial charge is 0.222 e. The lowest BCUT2D eigenvalue weighted by Crippen LogP contribution is -2.55. The molecule has 0 aliphatic heterocycles. The summed E-state index contributed by atoms with van der Waals surface area (Å²) in [7, 11) is 0. The van der Waals surface area contributed by atoms with Crippen molar-refractivity contribution in [3.63, 3.8) is 0 Å². The van der Waals surface area contributed by atoms with Gasteiger partial charge in [-0.15, -0.1) is 12.4 Å². The number of amides is 2. The summed E-state index contributed by atoms with van der Waals surface area (Å²) < 4.78 is 0. The highest BCUT2D eigenvalue weighted by atomic mass is 35.5. The summed E-state index contributed by atoms with van der Waals surface area (Å²) in [5, 5.41) is 5.69. The van der Waals surface area contributed by atoms with Gasteiger partial charge >= 0.3 is 0 Å². The Morgan fingerprint density at radius 3 is 2.10 bits per heavy atom. The van der Waals surface area contributed by atoms with E-state index in [1.807, 2.05) is 34.6 Å². The summed E-state index contributed by atoms with van der Waals surface area (Å²) in [6.07, 6.45) is 0.778. The van der Waals surface area contributed by atoms with Crippen molar-refractivity contribution in [1.29, 1.82) is 0 Å². The average molecular weight is 308 g/mol. The number of carbonyl (C=O) groups is 2. The molecule has 4 N–H and O–H groups in total. The van der Waals surface area contributed by atoms with Crippen LogP contribution in [0, 0.1) is 11.8 Å². The first kappa shape index (κ1) is 21.5. The number of nitrogens with two attached hydrogens (primary N) is 1. The highest BCUT2D eigenvalue weighted by molar-refractivity contribution is 5.85. The summed E-state index contributed by atoms with van der Waals surface area (Å²) in [4.78, 5) is 23.2. The van der Waals surface area contributed by atoms with Crippen LogP contribution in [-0.4, -0.2) is 30.4 Å². The molecule has 0 aromatic carbocycles. The molecule has 0 aliphatic carbocycles. The largest absolute Gasteiger partial charge is 0.356 e. The van der Waals surface area contributed by atoms with E-state index < -0.39 is 0 Å². The van der Waals surface area contributed by atoms with Crippen molar-refractivity contribution in [1.82, 2.24) is 10.6 Å². The van der Waals surface area contributed by atoms with E-state index in [0.717, 1.165) is 0 Å². The van der Waals surface area contributed by atoms with Gasteiger partial charge < -0.3 is 16.4 Å². The quantitative estimate of drug-likeness (QED) is 0.634. The third-order valence-electron chi connectivity index (χ3n) is 3.39. The zero-order valence-corrected chi connectivity index (χ0v) is 14.1. The minimum atomic E-state index is -0.390. The number of nitrogens with one attached hydrogen (secondary N) is 2. The molecule has 0 fully saturated rings. The fourth-order valence-corrected chi connectivity index (χ4v) is 1.57. The van der Waals surface area contributed by atoms with Gasteiger partial charge in [0.15, 0.2) is 0 Å². The summed E-state index contributed by atoms with van der Waals surface area (Å²) in [6.45, 7) is 10.7. The molecule has 2 amide bonds. The van der Waals surface area contributed by atoms with E-state index in [9.17, 15) is 9.59 Å². The Morgan fingerprint density at radius 2 is 1.70 bits per heavy atom. The van der Waals surface area contributed by atoms with Crippen LogP contribution in [0.25, 0.3) is 0 Å². The van der Waals surface area contributed by atoms with Crippen LogP contribution in [0.15, 0.2) is 0 Å². The summed E-state index contributed by atoms with van der Waals surface area (Å²) >= 11 is 0. The predicted molar refractivity (Wildman–Crippen MR) is 84.8 cm³/mol. The Labute approximate surface area is 128 Å². The maximum Gasteiger partial charge on any atom is 0.222 e. The molecular weight excluding hydrogens is 278 g/mol. The van der Waals surface area contributed by atoms with Gasteiger partial charge in [-0.2, -0.15) is 0 Å². The van der Waals surface area contributed by atoms with Crippen molar-refractivity contribution in [2.24, 2.45) is 17.6 Å². The van der Waals surface area contributed by atoms with E-state index in [1.165, 1.54) is 0 Å². The third-order valence-corrected chi connectivity index (χ3v) is 3.39. The van der Waals surface area contributed by atoms with Gasteiger partial charge in [0.2, 0.25) is 11.8 Å². The van der Waals surface area contributed by atoms with E-state index in [1.54, 1.807) is 0 Å². The Hall–Kier alpha value is -0.810. The first-order chi connectivity index (χ1) is 8.71. The molecule has 0 aromatic rings. The molecule has 1 unspecified atom stereocenters. The molecule has 0 radical (unpaired) electrons. The number of rotatable bonds is 8. The van der Waals surface area contributed by atoms with Crippen LogP contribution in [0.1, 0.15) is 47.5 Å². The van der Waals surface area contributed by atoms with Crippen LogP contribution < -0.4 is 16.4 Å². The highest BCUT2D eigenvalue weighted by Crippen LogP contribution is 2.14. The second kappa shape index (κ2) is 10.00. The van der Waals surface area contributed by atoms with Gasteiger partial charge in [-0.3, -0.25) is 9.59 Å². The molecule has 5 nitrogen and oxygen atoms in total. The van der Waals surface area contributed by atoms with Crippen LogP contribution in [-0.2, 0) is 9.59 Å². The van der Waals surface area contributed by atoms with Gasteiger partial charge in [-0.1, -0.05) is 27.7 Å². The van der Waals surface area contributed by atoms with Crippen molar-refractivity contribution >= 4 is 24.2 Å². The van der Waals surface area contributed by atoms with Crippen LogP contribution in [0.5, 0.6) is 0 Å². The zero-order valence-electron chi connectivity index (χ0n) is 13.3. The third kappa shape index (κ3) is 8.38. The predicted octanol–water partition coefficient (Wildman–Crippen LogP) is 1.45. The van der Waals surface area contributed by atoms with Crippen molar-refractivity contribution in [3.05, 3.63) is 0 Å². The average Bonchev–Trinajstić information content (AvgIpc) is 2.27. The van der Waals surface area contributed by atoms with Gasteiger partial charge in [0, 0.05) is 25.9 Å². The number of hydrogen-bond acceptors (Lipinski definition) is 3. The van der Waals surface area contributed by atoms with Gasteiger partial charge in [-0.25, -0.2) is 0 Å². The molecule has 0 rings (SSSR count). The molecule has 0 heterocycles. The van der Waals surface area contributed by atoms with E-state index in [0.29, 0.717) is 25.4 Å². The molecule has 0 bridgehead atoms. The molecule has 0 saturated heterocycles. The minimum absolute atomic E-state index is 0. The van der Waals surface area contributed by atoms with E-state index in [4.69, 9.17) is 5.73 Å². The van der Waals surface area contributed by atoms with Crippen molar-refractivity contribution < 1.29 is 9.59 Å². The van der Waals surface area contributed by atoms with Crippen LogP contribution in [0.3, 0.4) is 0 Å². The van der Waals surface area contributed by atoms with Gasteiger partial charge in [0.05, 0.1) is 5.54 Å². The maximum absolute atomic E-state index is 11.8. The lowest BCUT2D eigenvalue weighted by molar-refractivity contribution is -0.124. The van der Waals surface area contributed by atoms with E-state index in [-0.39, 0.29) is 42.1 Å². The topological polar surface area (TPSA) is 84.2 Å². The fourth-order valence-electron chi connectivity index (χ4n) is 1.57. The standard InChI is InChI=1S/C14H29N3O2.ClH/c1-10(2)8-13(19)16-7-6-12(18)17-14(5,9-15)11(3)4;/h10-11H,6-9,15H2,1-5H3,(H,16,19)(H,17,18);1H. The molecule has 1 atom stereocenters. The SMILES string of the molecule is CC(C)CC(=O)NCCC(=O)NC(C)(CN)C(C)C.Cl. The monoisotopic (exact) mass is 307 g/mol. The van der Waals surface area contributed by atoms with Crippen molar-refractivity contribution in [3.8, 4) is 0 Å². The molecule has 0 saturated carbocycles. The van der Waals surface area contributed by atoms with Gasteiger partial charge in [0.1, 0.15) is 0 Å². The first-order valence-electron chi connectivity index (χ1n) is 6.99.